The van der Waals surface area contributed by atoms with Gasteiger partial charge in [0.1, 0.15) is 0 Å². The smallest absolute Gasteiger partial charge is 0.261 e. The van der Waals surface area contributed by atoms with Crippen LogP contribution < -0.4 is 0 Å². The quantitative estimate of drug-likeness (QED) is 0.791. The Hall–Kier alpha value is -1.77. The van der Waals surface area contributed by atoms with E-state index in [-0.39, 0.29) is 13.0 Å². The maximum atomic E-state index is 13.1. The van der Waals surface area contributed by atoms with Gasteiger partial charge in [-0.15, -0.1) is 11.3 Å². The first-order valence-electron chi connectivity index (χ1n) is 6.73. The highest BCUT2D eigenvalue weighted by molar-refractivity contribution is 7.12. The van der Waals surface area contributed by atoms with E-state index in [1.165, 1.54) is 11.3 Å². The normalized spacial score (nSPS) is 17.4. The van der Waals surface area contributed by atoms with Gasteiger partial charge in [0.2, 0.25) is 0 Å². The minimum atomic E-state index is -2.54. The molecule has 21 heavy (non-hydrogen) atoms. The van der Waals surface area contributed by atoms with Crippen molar-refractivity contribution >= 4 is 11.3 Å². The van der Waals surface area contributed by atoms with Crippen LogP contribution in [0.5, 0.6) is 0 Å². The molecular weight excluding hydrogens is 290 g/mol. The molecule has 0 bridgehead atoms. The number of alkyl halides is 2. The fourth-order valence-electron chi connectivity index (χ4n) is 2.25. The molecule has 1 aromatic heterocycles. The van der Waals surface area contributed by atoms with Gasteiger partial charge in [0.25, 0.3) is 5.92 Å². The van der Waals surface area contributed by atoms with Crippen LogP contribution in [0.1, 0.15) is 21.9 Å². The summed E-state index contributed by atoms with van der Waals surface area (Å²) < 4.78 is 26.3. The Morgan fingerprint density at radius 3 is 2.76 bits per heavy atom. The van der Waals surface area contributed by atoms with Crippen LogP contribution in [0.15, 0.2) is 36.5 Å². The minimum Gasteiger partial charge on any atom is -0.292 e. The molecule has 0 amide bonds. The Balaban J connectivity index is 1.63. The maximum Gasteiger partial charge on any atom is 0.261 e. The van der Waals surface area contributed by atoms with Gasteiger partial charge in [-0.05, 0) is 18.1 Å². The van der Waals surface area contributed by atoms with Gasteiger partial charge >= 0.3 is 0 Å². The predicted octanol–water partition coefficient (Wildman–Crippen LogP) is 3.38. The summed E-state index contributed by atoms with van der Waals surface area (Å²) in [4.78, 5) is 6.98. The van der Waals surface area contributed by atoms with Crippen LogP contribution in [-0.4, -0.2) is 28.9 Å². The van der Waals surface area contributed by atoms with Gasteiger partial charge in [-0.25, -0.2) is 13.8 Å². The van der Waals surface area contributed by atoms with Crippen molar-refractivity contribution in [2.75, 3.05) is 13.1 Å². The van der Waals surface area contributed by atoms with Crippen molar-refractivity contribution in [1.82, 2.24) is 9.88 Å². The second kappa shape index (κ2) is 5.92. The van der Waals surface area contributed by atoms with Crippen molar-refractivity contribution in [3.63, 3.8) is 0 Å². The zero-order chi connectivity index (χ0) is 14.7. The zero-order valence-electron chi connectivity index (χ0n) is 11.4. The van der Waals surface area contributed by atoms with E-state index in [2.05, 4.69) is 16.8 Å². The third-order valence-electron chi connectivity index (χ3n) is 3.27. The third-order valence-corrected chi connectivity index (χ3v) is 4.17. The number of rotatable bonds is 2. The summed E-state index contributed by atoms with van der Waals surface area (Å²) >= 11 is 1.47. The van der Waals surface area contributed by atoms with Crippen molar-refractivity contribution < 1.29 is 8.78 Å². The molecule has 108 valence electrons. The monoisotopic (exact) mass is 304 g/mol. The molecule has 1 aliphatic rings. The fraction of sp³-hybridized carbons (Fsp3) is 0.312. The highest BCUT2D eigenvalue weighted by Gasteiger charge is 2.38. The number of likely N-dealkylation sites (tertiary alicyclic amines) is 1. The molecule has 1 aliphatic heterocycles. The number of aromatic nitrogens is 1. The summed E-state index contributed by atoms with van der Waals surface area (Å²) in [7, 11) is 0. The number of hydrogen-bond donors (Lipinski definition) is 0. The van der Waals surface area contributed by atoms with E-state index < -0.39 is 5.92 Å². The summed E-state index contributed by atoms with van der Waals surface area (Å²) in [6, 6.07) is 9.69. The summed E-state index contributed by atoms with van der Waals surface area (Å²) in [6.45, 7) is 0.812. The summed E-state index contributed by atoms with van der Waals surface area (Å²) in [5, 5.41) is 0.722. The molecule has 1 aromatic carbocycles. The lowest BCUT2D eigenvalue weighted by molar-refractivity contribution is 0.0116. The Labute approximate surface area is 126 Å². The van der Waals surface area contributed by atoms with Crippen molar-refractivity contribution in [1.29, 1.82) is 0 Å². The topological polar surface area (TPSA) is 16.1 Å². The van der Waals surface area contributed by atoms with Crippen molar-refractivity contribution in [2.45, 2.75) is 18.9 Å². The molecule has 0 unspecified atom stereocenters. The lowest BCUT2D eigenvalue weighted by Gasteiger charge is -2.13. The molecule has 1 saturated heterocycles. The Morgan fingerprint density at radius 1 is 1.24 bits per heavy atom. The van der Waals surface area contributed by atoms with E-state index in [1.807, 2.05) is 30.3 Å². The van der Waals surface area contributed by atoms with Crippen molar-refractivity contribution in [3.05, 3.63) is 52.0 Å². The lowest BCUT2D eigenvalue weighted by Crippen LogP contribution is -2.24. The molecule has 5 heteroatoms. The van der Waals surface area contributed by atoms with E-state index in [0.29, 0.717) is 13.1 Å². The summed E-state index contributed by atoms with van der Waals surface area (Å²) in [5.74, 6) is 3.52. The van der Waals surface area contributed by atoms with Gasteiger partial charge in [-0.3, -0.25) is 4.90 Å². The average Bonchev–Trinajstić information content (AvgIpc) is 3.04. The molecule has 2 heterocycles. The molecule has 0 spiro atoms. The molecule has 2 nitrogen and oxygen atoms in total. The van der Waals surface area contributed by atoms with Gasteiger partial charge in [-0.1, -0.05) is 24.1 Å². The molecule has 1 fully saturated rings. The largest absolute Gasteiger partial charge is 0.292 e. The van der Waals surface area contributed by atoms with Gasteiger partial charge in [0.15, 0.2) is 5.01 Å². The Bertz CT molecular complexity index is 670. The van der Waals surface area contributed by atoms with E-state index in [0.717, 1.165) is 15.4 Å². The van der Waals surface area contributed by atoms with Crippen LogP contribution in [0.4, 0.5) is 8.78 Å². The minimum absolute atomic E-state index is 0.0491. The first-order valence-corrected chi connectivity index (χ1v) is 7.54. The number of hydrogen-bond acceptors (Lipinski definition) is 3. The Kier molecular flexibility index (Phi) is 4.00. The molecule has 2 aromatic rings. The zero-order valence-corrected chi connectivity index (χ0v) is 12.2. The highest BCUT2D eigenvalue weighted by Crippen LogP contribution is 2.28. The summed E-state index contributed by atoms with van der Waals surface area (Å²) in [6.07, 6.45) is 1.68. The van der Waals surface area contributed by atoms with Crippen LogP contribution in [-0.2, 0) is 6.54 Å². The molecule has 0 radical (unpaired) electrons. The van der Waals surface area contributed by atoms with E-state index in [4.69, 9.17) is 0 Å². The summed E-state index contributed by atoms with van der Waals surface area (Å²) in [5.41, 5.74) is 0.938. The standard InChI is InChI=1S/C16H14F2N2S/c17-16(18)8-9-20(12-16)11-14-10-19-15(21-14)7-6-13-4-2-1-3-5-13/h1-5,10H,8-9,11-12H2. The molecule has 0 N–H and O–H groups in total. The second-order valence-corrected chi connectivity index (χ2v) is 6.18. The molecule has 3 rings (SSSR count). The van der Waals surface area contributed by atoms with Crippen molar-refractivity contribution in [3.8, 4) is 11.8 Å². The van der Waals surface area contributed by atoms with Gasteiger partial charge in [0, 0.05) is 36.1 Å². The molecular formula is C16H14F2N2S. The maximum absolute atomic E-state index is 13.1. The first-order chi connectivity index (χ1) is 10.1. The van der Waals surface area contributed by atoms with E-state index in [1.54, 1.807) is 11.1 Å². The predicted molar refractivity (Wildman–Crippen MR) is 79.4 cm³/mol. The highest BCUT2D eigenvalue weighted by atomic mass is 32.1. The van der Waals surface area contributed by atoms with Crippen LogP contribution >= 0.6 is 11.3 Å². The van der Waals surface area contributed by atoms with E-state index in [9.17, 15) is 8.78 Å². The molecule has 0 aliphatic carbocycles. The van der Waals surface area contributed by atoms with Gasteiger partial charge < -0.3 is 0 Å². The Morgan fingerprint density at radius 2 is 2.05 bits per heavy atom. The number of thiazole rings is 1. The van der Waals surface area contributed by atoms with Crippen LogP contribution in [0.25, 0.3) is 0 Å². The number of halogens is 2. The van der Waals surface area contributed by atoms with Crippen LogP contribution in [0.2, 0.25) is 0 Å². The van der Waals surface area contributed by atoms with Crippen molar-refractivity contribution in [2.24, 2.45) is 0 Å². The van der Waals surface area contributed by atoms with Gasteiger partial charge in [0.05, 0.1) is 6.54 Å². The average molecular weight is 304 g/mol. The SMILES string of the molecule is FC1(F)CCN(Cc2cnc(C#Cc3ccccc3)s2)C1. The molecule has 0 atom stereocenters. The van der Waals surface area contributed by atoms with Gasteiger partial charge in [-0.2, -0.15) is 0 Å². The fourth-order valence-corrected chi connectivity index (χ4v) is 3.06. The molecule has 0 saturated carbocycles. The number of nitrogens with zero attached hydrogens (tertiary/aromatic N) is 2. The number of benzene rings is 1. The van der Waals surface area contributed by atoms with E-state index >= 15 is 0 Å². The van der Waals surface area contributed by atoms with Crippen LogP contribution in [0.3, 0.4) is 0 Å². The second-order valence-electron chi connectivity index (χ2n) is 5.06. The first kappa shape index (κ1) is 14.2. The lowest BCUT2D eigenvalue weighted by atomic mass is 10.2. The van der Waals surface area contributed by atoms with Crippen LogP contribution in [0, 0.1) is 11.8 Å². The third kappa shape index (κ3) is 3.87.